The fourth-order valence-electron chi connectivity index (χ4n) is 4.92. The van der Waals surface area contributed by atoms with Gasteiger partial charge in [-0.2, -0.15) is 0 Å². The van der Waals surface area contributed by atoms with Gasteiger partial charge in [-0.25, -0.2) is 9.97 Å². The first-order valence-electron chi connectivity index (χ1n) is 13.2. The zero-order valence-corrected chi connectivity index (χ0v) is 22.0. The van der Waals surface area contributed by atoms with E-state index in [-0.39, 0.29) is 31.2 Å². The Hall–Kier alpha value is -3.94. The van der Waals surface area contributed by atoms with Crippen molar-refractivity contribution in [3.63, 3.8) is 0 Å². The summed E-state index contributed by atoms with van der Waals surface area (Å²) in [5.41, 5.74) is 2.93. The molecule has 0 atom stereocenters. The summed E-state index contributed by atoms with van der Waals surface area (Å²) in [6.07, 6.45) is 4.84. The van der Waals surface area contributed by atoms with Crippen molar-refractivity contribution in [1.29, 1.82) is 0 Å². The topological polar surface area (TPSA) is 111 Å². The van der Waals surface area contributed by atoms with Gasteiger partial charge in [0.2, 0.25) is 0 Å². The average molecular weight is 518 g/mol. The standard InChI is InChI=1S/C30H35N3O5/c1-3-37-27(35)18-31-30(36)28-29(38-19-22-7-5-4-6-8-22)20(2)32-26(33-28)17-21-9-11-23(12-10-21)24-13-15-25(34)16-14-24/h4-8,13-16,21,23,34H,3,9-12,17-19H2,1-2H3,(H,31,36). The van der Waals surface area contributed by atoms with Crippen LogP contribution in [0.1, 0.15) is 71.7 Å². The van der Waals surface area contributed by atoms with Crippen LogP contribution >= 0.6 is 0 Å². The quantitative estimate of drug-likeness (QED) is 0.369. The SMILES string of the molecule is CCOC(=O)CNC(=O)c1nc(CC2CCC(c3ccc(O)cc3)CC2)nc(C)c1OCc1ccccc1. The first kappa shape index (κ1) is 27.1. The van der Waals surface area contributed by atoms with Crippen molar-refractivity contribution in [2.24, 2.45) is 5.92 Å². The van der Waals surface area contributed by atoms with Gasteiger partial charge in [-0.05, 0) is 74.6 Å². The minimum atomic E-state index is -0.510. The number of hydrogen-bond donors (Lipinski definition) is 2. The van der Waals surface area contributed by atoms with Gasteiger partial charge in [0.1, 0.15) is 24.7 Å². The van der Waals surface area contributed by atoms with Gasteiger partial charge in [0.05, 0.1) is 12.3 Å². The number of ether oxygens (including phenoxy) is 2. The van der Waals surface area contributed by atoms with E-state index in [0.717, 1.165) is 31.2 Å². The Balaban J connectivity index is 1.47. The average Bonchev–Trinajstić information content (AvgIpc) is 2.92. The summed E-state index contributed by atoms with van der Waals surface area (Å²) in [4.78, 5) is 34.2. The highest BCUT2D eigenvalue weighted by Gasteiger charge is 2.26. The molecule has 8 heteroatoms. The number of hydrogen-bond acceptors (Lipinski definition) is 7. The van der Waals surface area contributed by atoms with Gasteiger partial charge in [-0.3, -0.25) is 9.59 Å². The van der Waals surface area contributed by atoms with Crippen LogP contribution in [0.25, 0.3) is 0 Å². The molecule has 0 spiro atoms. The fourth-order valence-corrected chi connectivity index (χ4v) is 4.92. The summed E-state index contributed by atoms with van der Waals surface area (Å²) in [5.74, 6) is 1.09. The van der Waals surface area contributed by atoms with Crippen molar-refractivity contribution in [3.8, 4) is 11.5 Å². The van der Waals surface area contributed by atoms with E-state index in [9.17, 15) is 14.7 Å². The normalized spacial score (nSPS) is 17.0. The van der Waals surface area contributed by atoms with Gasteiger partial charge >= 0.3 is 5.97 Å². The summed E-state index contributed by atoms with van der Waals surface area (Å²) in [5, 5.41) is 12.2. The third-order valence-electron chi connectivity index (χ3n) is 6.90. The number of phenolic OH excluding ortho intramolecular Hbond substituents is 1. The molecule has 8 nitrogen and oxygen atoms in total. The number of benzene rings is 2. The third-order valence-corrected chi connectivity index (χ3v) is 6.90. The maximum Gasteiger partial charge on any atom is 0.325 e. The Morgan fingerprint density at radius 2 is 1.71 bits per heavy atom. The second-order valence-corrected chi connectivity index (χ2v) is 9.68. The Morgan fingerprint density at radius 1 is 1.00 bits per heavy atom. The Kier molecular flexibility index (Phi) is 9.30. The molecule has 38 heavy (non-hydrogen) atoms. The molecule has 200 valence electrons. The lowest BCUT2D eigenvalue weighted by molar-refractivity contribution is -0.141. The van der Waals surface area contributed by atoms with E-state index < -0.39 is 11.9 Å². The van der Waals surface area contributed by atoms with Gasteiger partial charge < -0.3 is 19.9 Å². The molecular formula is C30H35N3O5. The molecule has 2 aromatic carbocycles. The summed E-state index contributed by atoms with van der Waals surface area (Å²) in [6, 6.07) is 17.2. The van der Waals surface area contributed by atoms with E-state index in [1.165, 1.54) is 5.56 Å². The lowest BCUT2D eigenvalue weighted by atomic mass is 9.77. The minimum absolute atomic E-state index is 0.130. The Morgan fingerprint density at radius 3 is 2.39 bits per heavy atom. The summed E-state index contributed by atoms with van der Waals surface area (Å²) in [6.45, 7) is 3.79. The van der Waals surface area contributed by atoms with Crippen LogP contribution < -0.4 is 10.1 Å². The highest BCUT2D eigenvalue weighted by Crippen LogP contribution is 2.37. The molecule has 1 aliphatic carbocycles. The Labute approximate surface area is 223 Å². The monoisotopic (exact) mass is 517 g/mol. The maximum absolute atomic E-state index is 13.1. The van der Waals surface area contributed by atoms with Crippen molar-refractivity contribution in [2.45, 2.75) is 58.5 Å². The van der Waals surface area contributed by atoms with Crippen molar-refractivity contribution < 1.29 is 24.2 Å². The summed E-state index contributed by atoms with van der Waals surface area (Å²) in [7, 11) is 0. The van der Waals surface area contributed by atoms with E-state index in [0.29, 0.717) is 35.5 Å². The van der Waals surface area contributed by atoms with Crippen LogP contribution in [0.5, 0.6) is 11.5 Å². The number of carbonyl (C=O) groups excluding carboxylic acids is 2. The van der Waals surface area contributed by atoms with Gasteiger partial charge in [0.15, 0.2) is 11.4 Å². The molecule has 2 N–H and O–H groups in total. The Bertz CT molecular complexity index is 1220. The number of esters is 1. The van der Waals surface area contributed by atoms with E-state index in [4.69, 9.17) is 14.5 Å². The van der Waals surface area contributed by atoms with Crippen molar-refractivity contribution >= 4 is 11.9 Å². The second kappa shape index (κ2) is 13.0. The molecule has 4 rings (SSSR count). The zero-order chi connectivity index (χ0) is 26.9. The minimum Gasteiger partial charge on any atom is -0.508 e. The lowest BCUT2D eigenvalue weighted by Gasteiger charge is -2.28. The van der Waals surface area contributed by atoms with E-state index in [1.807, 2.05) is 49.4 Å². The van der Waals surface area contributed by atoms with Gasteiger partial charge in [-0.1, -0.05) is 42.5 Å². The smallest absolute Gasteiger partial charge is 0.325 e. The molecule has 1 fully saturated rings. The van der Waals surface area contributed by atoms with Crippen LogP contribution in [0.4, 0.5) is 0 Å². The van der Waals surface area contributed by atoms with Crippen LogP contribution in [-0.4, -0.2) is 40.1 Å². The number of nitrogens with zero attached hydrogens (tertiary/aromatic N) is 2. The van der Waals surface area contributed by atoms with Gasteiger partial charge in [0, 0.05) is 6.42 Å². The first-order valence-corrected chi connectivity index (χ1v) is 13.2. The molecule has 0 bridgehead atoms. The second-order valence-electron chi connectivity index (χ2n) is 9.68. The number of carbonyl (C=O) groups is 2. The molecule has 0 radical (unpaired) electrons. The highest BCUT2D eigenvalue weighted by atomic mass is 16.5. The molecule has 1 aromatic heterocycles. The van der Waals surface area contributed by atoms with E-state index >= 15 is 0 Å². The molecule has 1 saturated carbocycles. The van der Waals surface area contributed by atoms with Gasteiger partial charge in [-0.15, -0.1) is 0 Å². The molecule has 0 aliphatic heterocycles. The third kappa shape index (κ3) is 7.31. The molecule has 1 heterocycles. The largest absolute Gasteiger partial charge is 0.508 e. The predicted octanol–water partition coefficient (Wildman–Crippen LogP) is 4.88. The molecule has 0 unspecified atom stereocenters. The number of aryl methyl sites for hydroxylation is 1. The number of aromatic hydroxyl groups is 1. The number of amides is 1. The molecule has 1 aliphatic rings. The predicted molar refractivity (Wildman–Crippen MR) is 143 cm³/mol. The summed E-state index contributed by atoms with van der Waals surface area (Å²) >= 11 is 0. The van der Waals surface area contributed by atoms with Crippen LogP contribution in [-0.2, 0) is 22.6 Å². The number of aromatic nitrogens is 2. The van der Waals surface area contributed by atoms with Crippen LogP contribution in [0.2, 0.25) is 0 Å². The van der Waals surface area contributed by atoms with Crippen LogP contribution in [0, 0.1) is 12.8 Å². The van der Waals surface area contributed by atoms with Crippen molar-refractivity contribution in [3.05, 3.63) is 82.9 Å². The maximum atomic E-state index is 13.1. The van der Waals surface area contributed by atoms with Gasteiger partial charge in [0.25, 0.3) is 5.91 Å². The summed E-state index contributed by atoms with van der Waals surface area (Å²) < 4.78 is 11.0. The zero-order valence-electron chi connectivity index (χ0n) is 22.0. The molecule has 0 saturated heterocycles. The van der Waals surface area contributed by atoms with E-state index in [2.05, 4.69) is 10.3 Å². The van der Waals surface area contributed by atoms with Crippen LogP contribution in [0.3, 0.4) is 0 Å². The molecule has 3 aromatic rings. The van der Waals surface area contributed by atoms with Crippen molar-refractivity contribution in [2.75, 3.05) is 13.2 Å². The van der Waals surface area contributed by atoms with E-state index in [1.54, 1.807) is 19.1 Å². The fraction of sp³-hybridized carbons (Fsp3) is 0.400. The van der Waals surface area contributed by atoms with Crippen molar-refractivity contribution in [1.82, 2.24) is 15.3 Å². The number of nitrogens with one attached hydrogen (secondary N) is 1. The highest BCUT2D eigenvalue weighted by molar-refractivity contribution is 5.96. The lowest BCUT2D eigenvalue weighted by Crippen LogP contribution is -2.32. The van der Waals surface area contributed by atoms with Crippen LogP contribution in [0.15, 0.2) is 54.6 Å². The molecule has 1 amide bonds. The first-order chi connectivity index (χ1) is 18.4. The molecular weight excluding hydrogens is 482 g/mol. The number of phenols is 1. The number of rotatable bonds is 10.